The smallest absolute Gasteiger partial charge is 0.243 e. The monoisotopic (exact) mass is 288 g/mol. The van der Waals surface area contributed by atoms with Gasteiger partial charge in [-0.3, -0.25) is 0 Å². The Morgan fingerprint density at radius 1 is 1.25 bits per heavy atom. The average Bonchev–Trinajstić information content (AvgIpc) is 2.26. The molecule has 4 nitrogen and oxygen atoms in total. The Hall–Kier alpha value is 0.0275. The summed E-state index contributed by atoms with van der Waals surface area (Å²) in [6.45, 7) is 15.2. The normalized spacial score (nSPS) is 34.6. The molecule has 0 amide bonds. The van der Waals surface area contributed by atoms with Gasteiger partial charge in [0.15, 0.2) is 28.1 Å². The van der Waals surface area contributed by atoms with Gasteiger partial charge in [0.1, 0.15) is 0 Å². The Labute approximate surface area is 106 Å². The Morgan fingerprint density at radius 2 is 1.88 bits per heavy atom. The van der Waals surface area contributed by atoms with E-state index in [1.807, 2.05) is 6.20 Å². The molecule has 0 saturated carbocycles. The molecule has 0 aliphatic carbocycles. The fraction of sp³-hybridized carbons (Fsp3) is 0.500. The molecule has 0 bridgehead atoms. The molecular formula is C8H24N4Si4. The van der Waals surface area contributed by atoms with Crippen LogP contribution >= 0.6 is 0 Å². The van der Waals surface area contributed by atoms with Crippen molar-refractivity contribution in [2.45, 2.75) is 19.6 Å². The Balaban J connectivity index is 3.09. The highest BCUT2D eigenvalue weighted by atomic mass is 28.5. The lowest BCUT2D eigenvalue weighted by atomic mass is 11.1. The van der Waals surface area contributed by atoms with Crippen LogP contribution in [-0.4, -0.2) is 52.0 Å². The minimum Gasteiger partial charge on any atom is -0.410 e. The van der Waals surface area contributed by atoms with Crippen molar-refractivity contribution >= 4 is 36.5 Å². The minimum atomic E-state index is -1.73. The Morgan fingerprint density at radius 3 is 2.38 bits per heavy atom. The van der Waals surface area contributed by atoms with Crippen LogP contribution in [0.25, 0.3) is 0 Å². The summed E-state index contributed by atoms with van der Waals surface area (Å²) in [4.78, 5) is 0. The first-order valence-electron chi connectivity index (χ1n) is 5.61. The van der Waals surface area contributed by atoms with Gasteiger partial charge in [0.25, 0.3) is 0 Å². The SMILES string of the molecule is C=CN1[SiH2]N[SiH2]N[Si](C)(C)N(C)[Si]1(C)C=C. The van der Waals surface area contributed by atoms with Crippen LogP contribution in [0.4, 0.5) is 0 Å². The lowest BCUT2D eigenvalue weighted by molar-refractivity contribution is 0.656. The zero-order valence-electron chi connectivity index (χ0n) is 10.9. The van der Waals surface area contributed by atoms with E-state index in [0.29, 0.717) is 0 Å². The number of rotatable bonds is 2. The Kier molecular flexibility index (Phi) is 4.51. The van der Waals surface area contributed by atoms with Gasteiger partial charge < -0.3 is 17.8 Å². The second-order valence-corrected chi connectivity index (χ2v) is 18.3. The fourth-order valence-corrected chi connectivity index (χ4v) is 18.7. The third kappa shape index (κ3) is 2.47. The summed E-state index contributed by atoms with van der Waals surface area (Å²) in [5, 5.41) is 0. The molecule has 92 valence electrons. The maximum absolute atomic E-state index is 4.07. The first kappa shape index (κ1) is 14.1. The van der Waals surface area contributed by atoms with Crippen LogP contribution in [0, 0.1) is 0 Å². The van der Waals surface area contributed by atoms with Crippen molar-refractivity contribution in [1.82, 2.24) is 17.8 Å². The van der Waals surface area contributed by atoms with E-state index in [2.05, 4.69) is 63.3 Å². The summed E-state index contributed by atoms with van der Waals surface area (Å²) in [5.41, 5.74) is 2.17. The van der Waals surface area contributed by atoms with Crippen LogP contribution in [0.15, 0.2) is 25.1 Å². The van der Waals surface area contributed by atoms with E-state index >= 15 is 0 Å². The van der Waals surface area contributed by atoms with E-state index in [1.165, 1.54) is 0 Å². The topological polar surface area (TPSA) is 30.5 Å². The molecule has 0 aromatic heterocycles. The lowest BCUT2D eigenvalue weighted by Gasteiger charge is -2.51. The highest BCUT2D eigenvalue weighted by molar-refractivity contribution is 6.96. The molecule has 16 heavy (non-hydrogen) atoms. The summed E-state index contributed by atoms with van der Waals surface area (Å²) >= 11 is 0. The molecule has 1 aliphatic heterocycles. The molecule has 1 rings (SSSR count). The molecule has 1 saturated heterocycles. The summed E-state index contributed by atoms with van der Waals surface area (Å²) in [7, 11) is -1.65. The van der Waals surface area contributed by atoms with Gasteiger partial charge in [0, 0.05) is 0 Å². The van der Waals surface area contributed by atoms with Gasteiger partial charge in [-0.05, 0) is 32.9 Å². The number of hydrogen-bond donors (Lipinski definition) is 2. The van der Waals surface area contributed by atoms with Gasteiger partial charge in [0.2, 0.25) is 8.40 Å². The highest BCUT2D eigenvalue weighted by Crippen LogP contribution is 2.20. The molecule has 0 spiro atoms. The molecule has 0 aromatic carbocycles. The number of nitrogens with zero attached hydrogens (tertiary/aromatic N) is 2. The zero-order chi connectivity index (χ0) is 12.4. The van der Waals surface area contributed by atoms with E-state index < -0.39 is 26.6 Å². The zero-order valence-corrected chi connectivity index (χ0v) is 15.7. The van der Waals surface area contributed by atoms with Gasteiger partial charge in [-0.1, -0.05) is 12.3 Å². The van der Waals surface area contributed by atoms with Gasteiger partial charge in [-0.15, -0.1) is 6.58 Å². The van der Waals surface area contributed by atoms with E-state index in [1.54, 1.807) is 0 Å². The molecule has 1 fully saturated rings. The van der Waals surface area contributed by atoms with Crippen LogP contribution < -0.4 is 9.30 Å². The van der Waals surface area contributed by atoms with Crippen molar-refractivity contribution in [1.29, 1.82) is 0 Å². The second-order valence-electron chi connectivity index (χ2n) is 4.83. The molecule has 0 aromatic rings. The van der Waals surface area contributed by atoms with Crippen molar-refractivity contribution < 1.29 is 0 Å². The molecule has 1 unspecified atom stereocenters. The van der Waals surface area contributed by atoms with E-state index in [4.69, 9.17) is 0 Å². The van der Waals surface area contributed by atoms with Gasteiger partial charge in [0.05, 0.1) is 0 Å². The molecule has 1 atom stereocenters. The molecular weight excluding hydrogens is 264 g/mol. The second kappa shape index (κ2) is 5.12. The first-order valence-corrected chi connectivity index (χ1v) is 13.8. The van der Waals surface area contributed by atoms with Crippen LogP contribution in [-0.2, 0) is 0 Å². The van der Waals surface area contributed by atoms with Crippen molar-refractivity contribution in [2.24, 2.45) is 0 Å². The third-order valence-corrected chi connectivity index (χ3v) is 20.9. The summed E-state index contributed by atoms with van der Waals surface area (Å²) in [6, 6.07) is 0. The predicted octanol–water partition coefficient (Wildman–Crippen LogP) is -0.947. The average molecular weight is 289 g/mol. The Bertz CT molecular complexity index is 285. The lowest BCUT2D eigenvalue weighted by Crippen LogP contribution is -2.77. The third-order valence-electron chi connectivity index (χ3n) is 3.63. The van der Waals surface area contributed by atoms with Crippen molar-refractivity contribution in [3.63, 3.8) is 0 Å². The summed E-state index contributed by atoms with van der Waals surface area (Å²) in [6.07, 6.45) is 2.02. The van der Waals surface area contributed by atoms with Crippen molar-refractivity contribution in [2.75, 3.05) is 7.05 Å². The standard InChI is InChI=1S/C8H24N4Si4/c1-7-12-14-9-13-10-15(4,5)11(3)16(12,6)8-2/h7-10H,1-2,13-14H2,3-6H3. The van der Waals surface area contributed by atoms with Crippen molar-refractivity contribution in [3.05, 3.63) is 25.1 Å². The largest absolute Gasteiger partial charge is 0.410 e. The molecule has 0 radical (unpaired) electrons. The fourth-order valence-electron chi connectivity index (χ4n) is 2.00. The quantitative estimate of drug-likeness (QED) is 0.642. The molecule has 1 aliphatic rings. The number of nitrogens with one attached hydrogen (secondary N) is 2. The van der Waals surface area contributed by atoms with E-state index in [9.17, 15) is 0 Å². The summed E-state index contributed by atoms with van der Waals surface area (Å²) < 4.78 is 12.6. The van der Waals surface area contributed by atoms with Gasteiger partial charge >= 0.3 is 0 Å². The van der Waals surface area contributed by atoms with E-state index in [-0.39, 0.29) is 9.84 Å². The molecule has 8 heteroatoms. The van der Waals surface area contributed by atoms with Gasteiger partial charge in [-0.25, -0.2) is 0 Å². The highest BCUT2D eigenvalue weighted by Gasteiger charge is 2.44. The predicted molar refractivity (Wildman–Crippen MR) is 82.5 cm³/mol. The maximum Gasteiger partial charge on any atom is 0.243 e. The van der Waals surface area contributed by atoms with Crippen LogP contribution in [0.1, 0.15) is 0 Å². The van der Waals surface area contributed by atoms with Crippen molar-refractivity contribution in [3.8, 4) is 0 Å². The van der Waals surface area contributed by atoms with Crippen LogP contribution in [0.2, 0.25) is 19.6 Å². The van der Waals surface area contributed by atoms with Crippen LogP contribution in [0.3, 0.4) is 0 Å². The maximum atomic E-state index is 4.07. The summed E-state index contributed by atoms with van der Waals surface area (Å²) in [5.74, 6) is 0. The molecule has 1 heterocycles. The number of hydrogen-bond acceptors (Lipinski definition) is 4. The first-order chi connectivity index (χ1) is 7.38. The van der Waals surface area contributed by atoms with E-state index in [0.717, 1.165) is 0 Å². The minimum absolute atomic E-state index is 0.302. The van der Waals surface area contributed by atoms with Crippen LogP contribution in [0.5, 0.6) is 0 Å². The molecule has 2 N–H and O–H groups in total. The van der Waals surface area contributed by atoms with Gasteiger partial charge in [-0.2, -0.15) is 0 Å².